The number of hydrogen-bond acceptors (Lipinski definition) is 16. The van der Waals surface area contributed by atoms with Crippen LogP contribution in [0.2, 0.25) is 0 Å². The third-order valence-corrected chi connectivity index (χ3v) is 13.6. The summed E-state index contributed by atoms with van der Waals surface area (Å²) in [5.41, 5.74) is 6.53. The molecule has 5 aromatic rings. The van der Waals surface area contributed by atoms with Gasteiger partial charge in [-0.1, -0.05) is 0 Å². The fourth-order valence-corrected chi connectivity index (χ4v) is 10.7. The highest BCUT2D eigenvalue weighted by molar-refractivity contribution is 5.81. The van der Waals surface area contributed by atoms with Gasteiger partial charge in [-0.3, -0.25) is 9.59 Å². The average molecular weight is 873 g/mol. The van der Waals surface area contributed by atoms with Gasteiger partial charge in [-0.15, -0.1) is 0 Å². The Balaban J connectivity index is 0.939. The lowest BCUT2D eigenvalue weighted by atomic mass is 9.65. The summed E-state index contributed by atoms with van der Waals surface area (Å²) in [5.74, 6) is -0.453. The van der Waals surface area contributed by atoms with E-state index in [2.05, 4.69) is 10.6 Å². The molecule has 0 bridgehead atoms. The van der Waals surface area contributed by atoms with Crippen molar-refractivity contribution in [2.45, 2.75) is 23.9 Å². The quantitative estimate of drug-likeness (QED) is 0.108. The minimum atomic E-state index is -0.593. The van der Waals surface area contributed by atoms with Gasteiger partial charge in [0.15, 0.2) is 46.0 Å². The number of esters is 2. The molecule has 2 fully saturated rings. The number of cyclic esters (lactones) is 2. The molecule has 0 saturated carbocycles. The first kappa shape index (κ1) is 39.5. The first-order valence-corrected chi connectivity index (χ1v) is 20.9. The van der Waals surface area contributed by atoms with Crippen molar-refractivity contribution in [1.82, 2.24) is 0 Å². The van der Waals surface area contributed by atoms with Crippen molar-refractivity contribution in [3.63, 3.8) is 0 Å². The number of hydrogen-bond donors (Lipinski definition) is 4. The number of carbonyl (C=O) groups excluding carboxylic acids is 2. The number of phenolic OH excluding ortho intramolecular Hbond substituents is 2. The van der Waals surface area contributed by atoms with Gasteiger partial charge in [0.25, 0.3) is 0 Å². The Morgan fingerprint density at radius 1 is 0.484 bits per heavy atom. The number of phenols is 2. The summed E-state index contributed by atoms with van der Waals surface area (Å²) >= 11 is 0. The normalized spacial score (nSPS) is 25.2. The molecule has 330 valence electrons. The van der Waals surface area contributed by atoms with Gasteiger partial charge in [0.05, 0.1) is 65.6 Å². The molecule has 0 radical (unpaired) electrons. The molecule has 8 atom stereocenters. The standard InChI is InChI=1S/C48H44N2O14/c1-55-35-9-21(10-36(56-2)45(35)51)39-25-13-31-33(63-19-61-31)15-27(25)43(29-17-59-47(53)41(29)39)49-23-5-7-24(8-6-23)50-44-28-16-34-32(62-20-64-34)14-26(28)40(42-30(44)18-60-48(42)54)22-11-37(57-3)46(52)38(12-22)58-4/h5-16,29-30,39-44,49-52H,17-20H2,1-4H3/t29?,30?,39?,40?,41?,42?,43-,44-/m1/s1. The molecular weight excluding hydrogens is 829 g/mol. The lowest BCUT2D eigenvalue weighted by Crippen LogP contribution is -2.38. The number of fused-ring (bicyclic) bond motifs is 6. The molecule has 6 unspecified atom stereocenters. The van der Waals surface area contributed by atoms with Crippen LogP contribution in [0.3, 0.4) is 0 Å². The molecule has 16 heteroatoms. The molecule has 4 aliphatic heterocycles. The SMILES string of the molecule is COc1cc(C2c3cc4c(cc3[C@@H](Nc3ccc(N[C@@H]5c6cc7c(cc6C(c6cc(OC)c(O)c(OC)c6)C6C(=O)OCC65)OCO7)cc3)C3COC(=O)C23)OCO4)cc(OC)c1O. The Bertz CT molecular complexity index is 2490. The Labute approximate surface area is 366 Å². The Morgan fingerprint density at radius 2 is 0.812 bits per heavy atom. The minimum absolute atomic E-state index is 0.0722. The van der Waals surface area contributed by atoms with Crippen LogP contribution in [0.5, 0.6) is 57.5 Å². The molecule has 0 spiro atoms. The zero-order chi connectivity index (χ0) is 44.0. The highest BCUT2D eigenvalue weighted by atomic mass is 16.7. The number of anilines is 2. The minimum Gasteiger partial charge on any atom is -0.502 e. The molecule has 5 aromatic carbocycles. The first-order chi connectivity index (χ1) is 31.2. The largest absolute Gasteiger partial charge is 0.502 e. The van der Waals surface area contributed by atoms with E-state index in [1.165, 1.54) is 28.4 Å². The topological polar surface area (TPSA) is 191 Å². The Hall–Kier alpha value is -7.36. The van der Waals surface area contributed by atoms with E-state index < -0.39 is 23.7 Å². The molecule has 2 aliphatic carbocycles. The van der Waals surface area contributed by atoms with Gasteiger partial charge >= 0.3 is 11.9 Å². The zero-order valence-electron chi connectivity index (χ0n) is 35.2. The Kier molecular flexibility index (Phi) is 9.36. The second-order valence-electron chi connectivity index (χ2n) is 16.6. The number of carbonyl (C=O) groups is 2. The molecule has 0 amide bonds. The maximum atomic E-state index is 13.8. The summed E-state index contributed by atoms with van der Waals surface area (Å²) in [6, 6.07) is 21.9. The molecule has 2 saturated heterocycles. The van der Waals surface area contributed by atoms with Crippen molar-refractivity contribution in [3.05, 3.63) is 106 Å². The predicted molar refractivity (Wildman–Crippen MR) is 226 cm³/mol. The van der Waals surface area contributed by atoms with Crippen molar-refractivity contribution >= 4 is 23.3 Å². The van der Waals surface area contributed by atoms with Crippen molar-refractivity contribution in [3.8, 4) is 57.5 Å². The predicted octanol–water partition coefficient (Wildman–Crippen LogP) is 6.77. The van der Waals surface area contributed by atoms with E-state index in [0.29, 0.717) is 34.1 Å². The van der Waals surface area contributed by atoms with Crippen molar-refractivity contribution < 1.29 is 67.2 Å². The van der Waals surface area contributed by atoms with Crippen LogP contribution in [0.25, 0.3) is 0 Å². The van der Waals surface area contributed by atoms with Crippen molar-refractivity contribution in [2.24, 2.45) is 23.7 Å². The molecule has 6 aliphatic rings. The molecule has 16 nitrogen and oxygen atoms in total. The smallest absolute Gasteiger partial charge is 0.310 e. The monoisotopic (exact) mass is 872 g/mol. The highest BCUT2D eigenvalue weighted by Crippen LogP contribution is 2.58. The van der Waals surface area contributed by atoms with E-state index in [9.17, 15) is 19.8 Å². The fraction of sp³-hybridized carbons (Fsp3) is 0.333. The van der Waals surface area contributed by atoms with E-state index in [4.69, 9.17) is 47.4 Å². The fourth-order valence-electron chi connectivity index (χ4n) is 10.7. The number of nitrogens with one attached hydrogen (secondary N) is 2. The third kappa shape index (κ3) is 6.09. The van der Waals surface area contributed by atoms with Gasteiger partial charge in [-0.2, -0.15) is 0 Å². The first-order valence-electron chi connectivity index (χ1n) is 20.9. The van der Waals surface area contributed by atoms with E-state index in [1.54, 1.807) is 24.3 Å². The van der Waals surface area contributed by atoms with Crippen LogP contribution in [0.15, 0.2) is 72.8 Å². The van der Waals surface area contributed by atoms with E-state index in [1.807, 2.05) is 48.5 Å². The van der Waals surface area contributed by atoms with Gasteiger partial charge in [0.1, 0.15) is 0 Å². The molecule has 0 aromatic heterocycles. The van der Waals surface area contributed by atoms with Crippen LogP contribution in [0, 0.1) is 23.7 Å². The summed E-state index contributed by atoms with van der Waals surface area (Å²) in [5, 5.41) is 29.0. The van der Waals surface area contributed by atoms with E-state index >= 15 is 0 Å². The number of benzene rings is 5. The number of aromatic hydroxyl groups is 2. The molecule has 4 N–H and O–H groups in total. The summed E-state index contributed by atoms with van der Waals surface area (Å²) in [7, 11) is 5.86. The number of ether oxygens (including phenoxy) is 10. The lowest BCUT2D eigenvalue weighted by Gasteiger charge is -2.40. The van der Waals surface area contributed by atoms with E-state index in [-0.39, 0.29) is 97.2 Å². The van der Waals surface area contributed by atoms with Crippen LogP contribution in [-0.4, -0.2) is 77.4 Å². The molecule has 11 rings (SSSR count). The highest BCUT2D eigenvalue weighted by Gasteiger charge is 2.54. The number of rotatable bonds is 10. The van der Waals surface area contributed by atoms with Crippen molar-refractivity contribution in [2.75, 3.05) is 65.9 Å². The summed E-state index contributed by atoms with van der Waals surface area (Å²) in [6.45, 7) is 0.516. The van der Waals surface area contributed by atoms with Gasteiger partial charge < -0.3 is 68.2 Å². The zero-order valence-corrected chi connectivity index (χ0v) is 35.2. The summed E-state index contributed by atoms with van der Waals surface area (Å²) < 4.78 is 57.1. The molecular formula is C48H44N2O14. The lowest BCUT2D eigenvalue weighted by molar-refractivity contribution is -0.142. The molecule has 64 heavy (non-hydrogen) atoms. The van der Waals surface area contributed by atoms with E-state index in [0.717, 1.165) is 33.6 Å². The van der Waals surface area contributed by atoms with Crippen LogP contribution in [0.4, 0.5) is 11.4 Å². The maximum absolute atomic E-state index is 13.8. The molecule has 4 heterocycles. The number of methoxy groups -OCH3 is 4. The summed E-state index contributed by atoms with van der Waals surface area (Å²) in [4.78, 5) is 27.5. The van der Waals surface area contributed by atoms with Crippen LogP contribution >= 0.6 is 0 Å². The maximum Gasteiger partial charge on any atom is 0.310 e. The van der Waals surface area contributed by atoms with Crippen LogP contribution in [0.1, 0.15) is 57.3 Å². The third-order valence-electron chi connectivity index (χ3n) is 13.6. The van der Waals surface area contributed by atoms with Gasteiger partial charge in [0.2, 0.25) is 25.1 Å². The van der Waals surface area contributed by atoms with Crippen molar-refractivity contribution in [1.29, 1.82) is 0 Å². The van der Waals surface area contributed by atoms with Gasteiger partial charge in [0, 0.05) is 35.0 Å². The van der Waals surface area contributed by atoms with Crippen LogP contribution in [-0.2, 0) is 19.1 Å². The van der Waals surface area contributed by atoms with Gasteiger partial charge in [-0.25, -0.2) is 0 Å². The second-order valence-corrected chi connectivity index (χ2v) is 16.6. The summed E-state index contributed by atoms with van der Waals surface area (Å²) in [6.07, 6.45) is 0. The second kappa shape index (κ2) is 15.2. The van der Waals surface area contributed by atoms with Gasteiger partial charge in [-0.05, 0) is 106 Å². The van der Waals surface area contributed by atoms with Crippen LogP contribution < -0.4 is 48.5 Å². The Morgan fingerprint density at radius 3 is 1.14 bits per heavy atom. The average Bonchev–Trinajstić information content (AvgIpc) is 4.14.